The highest BCUT2D eigenvalue weighted by atomic mass is 32.2. The Labute approximate surface area is 99.8 Å². The van der Waals surface area contributed by atoms with Gasteiger partial charge in [-0.15, -0.1) is 0 Å². The first-order valence-corrected chi connectivity index (χ1v) is 6.38. The lowest BCUT2D eigenvalue weighted by atomic mass is 10.3. The molecule has 1 rings (SSSR count). The summed E-state index contributed by atoms with van der Waals surface area (Å²) in [6.45, 7) is 2.91. The third kappa shape index (κ3) is 5.37. The average Bonchev–Trinajstić information content (AvgIpc) is 2.27. The lowest BCUT2D eigenvalue weighted by Crippen LogP contribution is -2.06. The van der Waals surface area contributed by atoms with Gasteiger partial charge < -0.3 is 9.84 Å². The number of benzene rings is 1. The highest BCUT2D eigenvalue weighted by Gasteiger charge is 2.01. The van der Waals surface area contributed by atoms with Gasteiger partial charge in [0, 0.05) is 17.6 Å². The fraction of sp³-hybridized carbons (Fsp3) is 0.500. The molecular formula is C12H17FO2S. The molecule has 4 heteroatoms. The van der Waals surface area contributed by atoms with E-state index in [-0.39, 0.29) is 12.4 Å². The monoisotopic (exact) mass is 244 g/mol. The van der Waals surface area contributed by atoms with Crippen LogP contribution in [0.4, 0.5) is 4.39 Å². The number of aliphatic hydroxyl groups excluding tert-OH is 1. The number of ether oxygens (including phenoxy) is 1. The van der Waals surface area contributed by atoms with Crippen molar-refractivity contribution in [2.45, 2.75) is 18.6 Å². The molecule has 0 radical (unpaired) electrons. The van der Waals surface area contributed by atoms with Crippen molar-refractivity contribution in [1.82, 2.24) is 0 Å². The van der Waals surface area contributed by atoms with Gasteiger partial charge in [0.1, 0.15) is 11.6 Å². The van der Waals surface area contributed by atoms with Crippen LogP contribution in [0.2, 0.25) is 0 Å². The molecule has 0 fully saturated rings. The van der Waals surface area contributed by atoms with Crippen molar-refractivity contribution >= 4 is 11.8 Å². The maximum atomic E-state index is 12.6. The summed E-state index contributed by atoms with van der Waals surface area (Å²) < 4.78 is 18.0. The summed E-state index contributed by atoms with van der Waals surface area (Å²) in [5.74, 6) is 1.31. The van der Waals surface area contributed by atoms with E-state index < -0.39 is 0 Å². The van der Waals surface area contributed by atoms with Crippen molar-refractivity contribution in [3.05, 3.63) is 30.1 Å². The molecule has 0 saturated carbocycles. The van der Waals surface area contributed by atoms with Crippen LogP contribution in [0.5, 0.6) is 5.75 Å². The topological polar surface area (TPSA) is 29.5 Å². The summed E-state index contributed by atoms with van der Waals surface area (Å²) in [6, 6.07) is 6.02. The number of aliphatic hydroxyl groups is 1. The first-order valence-electron chi connectivity index (χ1n) is 5.33. The first kappa shape index (κ1) is 13.3. The van der Waals surface area contributed by atoms with E-state index in [2.05, 4.69) is 6.92 Å². The van der Waals surface area contributed by atoms with Gasteiger partial charge in [-0.05, 0) is 30.7 Å². The minimum atomic E-state index is -0.252. The third-order valence-electron chi connectivity index (χ3n) is 2.10. The van der Waals surface area contributed by atoms with Crippen LogP contribution < -0.4 is 4.74 Å². The molecular weight excluding hydrogens is 227 g/mol. The SMILES string of the molecule is CC(CCO)SCCOc1ccc(F)cc1. The zero-order valence-corrected chi connectivity index (χ0v) is 10.2. The molecule has 0 saturated heterocycles. The molecule has 1 atom stereocenters. The number of rotatable bonds is 7. The van der Waals surface area contributed by atoms with Crippen molar-refractivity contribution < 1.29 is 14.2 Å². The fourth-order valence-electron chi connectivity index (χ4n) is 1.20. The van der Waals surface area contributed by atoms with Gasteiger partial charge in [-0.3, -0.25) is 0 Å². The van der Waals surface area contributed by atoms with Gasteiger partial charge in [0.15, 0.2) is 0 Å². The smallest absolute Gasteiger partial charge is 0.123 e. The van der Waals surface area contributed by atoms with E-state index in [1.54, 1.807) is 23.9 Å². The van der Waals surface area contributed by atoms with Gasteiger partial charge in [-0.2, -0.15) is 11.8 Å². The predicted molar refractivity (Wildman–Crippen MR) is 65.5 cm³/mol. The Morgan fingerprint density at radius 2 is 2.06 bits per heavy atom. The van der Waals surface area contributed by atoms with Gasteiger partial charge in [0.2, 0.25) is 0 Å². The summed E-state index contributed by atoms with van der Waals surface area (Å²) >= 11 is 1.76. The summed E-state index contributed by atoms with van der Waals surface area (Å²) in [6.07, 6.45) is 0.807. The van der Waals surface area contributed by atoms with Crippen molar-refractivity contribution in [2.75, 3.05) is 19.0 Å². The molecule has 90 valence electrons. The van der Waals surface area contributed by atoms with Crippen LogP contribution in [0.1, 0.15) is 13.3 Å². The highest BCUT2D eigenvalue weighted by molar-refractivity contribution is 7.99. The Morgan fingerprint density at radius 1 is 1.38 bits per heavy atom. The van der Waals surface area contributed by atoms with E-state index in [1.807, 2.05) is 0 Å². The second kappa shape index (κ2) is 7.52. The number of hydrogen-bond donors (Lipinski definition) is 1. The molecule has 1 aromatic rings. The summed E-state index contributed by atoms with van der Waals surface area (Å²) in [7, 11) is 0. The average molecular weight is 244 g/mol. The van der Waals surface area contributed by atoms with Crippen LogP contribution in [0.3, 0.4) is 0 Å². The van der Waals surface area contributed by atoms with E-state index >= 15 is 0 Å². The zero-order valence-electron chi connectivity index (χ0n) is 9.36. The van der Waals surface area contributed by atoms with Gasteiger partial charge >= 0.3 is 0 Å². The van der Waals surface area contributed by atoms with Crippen LogP contribution in [0, 0.1) is 5.82 Å². The maximum absolute atomic E-state index is 12.6. The van der Waals surface area contributed by atoms with Gasteiger partial charge in [-0.1, -0.05) is 6.92 Å². The van der Waals surface area contributed by atoms with E-state index in [0.717, 1.165) is 12.2 Å². The molecule has 0 spiro atoms. The molecule has 0 aliphatic heterocycles. The van der Waals surface area contributed by atoms with Crippen LogP contribution in [0.15, 0.2) is 24.3 Å². The third-order valence-corrected chi connectivity index (χ3v) is 3.31. The van der Waals surface area contributed by atoms with Crippen molar-refractivity contribution in [3.8, 4) is 5.75 Å². The Balaban J connectivity index is 2.13. The van der Waals surface area contributed by atoms with Crippen LogP contribution in [-0.2, 0) is 0 Å². The zero-order chi connectivity index (χ0) is 11.8. The molecule has 0 aliphatic rings. The molecule has 1 N–H and O–H groups in total. The fourth-order valence-corrected chi connectivity index (χ4v) is 2.06. The standard InChI is InChI=1S/C12H17FO2S/c1-10(6-7-14)16-9-8-15-12-4-2-11(13)3-5-12/h2-5,10,14H,6-9H2,1H3. The highest BCUT2D eigenvalue weighted by Crippen LogP contribution is 2.15. The number of thioether (sulfide) groups is 1. The second-order valence-corrected chi connectivity index (χ2v) is 5.04. The minimum Gasteiger partial charge on any atom is -0.493 e. The molecule has 1 aromatic carbocycles. The lowest BCUT2D eigenvalue weighted by molar-refractivity contribution is 0.288. The Kier molecular flexibility index (Phi) is 6.26. The van der Waals surface area contributed by atoms with E-state index in [4.69, 9.17) is 9.84 Å². The molecule has 2 nitrogen and oxygen atoms in total. The molecule has 1 unspecified atom stereocenters. The van der Waals surface area contributed by atoms with Crippen molar-refractivity contribution in [2.24, 2.45) is 0 Å². The van der Waals surface area contributed by atoms with Gasteiger partial charge in [-0.25, -0.2) is 4.39 Å². The summed E-state index contributed by atoms with van der Waals surface area (Å²) in [5.41, 5.74) is 0. The molecule has 0 heterocycles. The molecule has 16 heavy (non-hydrogen) atoms. The van der Waals surface area contributed by atoms with Gasteiger partial charge in [0.25, 0.3) is 0 Å². The lowest BCUT2D eigenvalue weighted by Gasteiger charge is -2.10. The van der Waals surface area contributed by atoms with E-state index in [0.29, 0.717) is 17.6 Å². The van der Waals surface area contributed by atoms with Crippen molar-refractivity contribution in [1.29, 1.82) is 0 Å². The normalized spacial score (nSPS) is 12.4. The first-order chi connectivity index (χ1) is 7.72. The summed E-state index contributed by atoms with van der Waals surface area (Å²) in [4.78, 5) is 0. The largest absolute Gasteiger partial charge is 0.493 e. The van der Waals surface area contributed by atoms with Crippen molar-refractivity contribution in [3.63, 3.8) is 0 Å². The summed E-state index contributed by atoms with van der Waals surface area (Å²) in [5, 5.41) is 9.16. The molecule has 0 aliphatic carbocycles. The predicted octanol–water partition coefficient (Wildman–Crippen LogP) is 2.71. The van der Waals surface area contributed by atoms with E-state index in [1.165, 1.54) is 12.1 Å². The minimum absolute atomic E-state index is 0.229. The second-order valence-electron chi connectivity index (χ2n) is 3.50. The Morgan fingerprint density at radius 3 is 2.69 bits per heavy atom. The quantitative estimate of drug-likeness (QED) is 0.748. The van der Waals surface area contributed by atoms with Crippen LogP contribution in [-0.4, -0.2) is 29.3 Å². The Bertz CT molecular complexity index is 290. The molecule has 0 amide bonds. The number of hydrogen-bond acceptors (Lipinski definition) is 3. The Hall–Kier alpha value is -0.740. The van der Waals surface area contributed by atoms with Gasteiger partial charge in [0.05, 0.1) is 6.61 Å². The van der Waals surface area contributed by atoms with E-state index in [9.17, 15) is 4.39 Å². The number of halogens is 1. The molecule has 0 aromatic heterocycles. The molecule has 0 bridgehead atoms. The van der Waals surface area contributed by atoms with Crippen LogP contribution >= 0.6 is 11.8 Å². The maximum Gasteiger partial charge on any atom is 0.123 e. The van der Waals surface area contributed by atoms with Crippen LogP contribution in [0.25, 0.3) is 0 Å².